The zero-order valence-corrected chi connectivity index (χ0v) is 15.3. The molecule has 1 heterocycles. The molecule has 1 fully saturated rings. The van der Waals surface area contributed by atoms with Gasteiger partial charge in [0.25, 0.3) is 5.91 Å². The fourth-order valence-electron chi connectivity index (χ4n) is 3.43. The lowest BCUT2D eigenvalue weighted by molar-refractivity contribution is 0.0791. The standard InChI is InChI=1S/C21H26FN3O/c1-15-6-3-8-17(12-15)21(26)25(2)11-5-10-19-14-20(24-23-19)16-7-4-9-18(22)13-16/h3-4,6-9,12-13,19-20,23-24H,5,10-11,14H2,1-2H3. The Labute approximate surface area is 154 Å². The predicted octanol–water partition coefficient (Wildman–Crippen LogP) is 3.59. The first-order chi connectivity index (χ1) is 12.5. The molecule has 2 aromatic rings. The van der Waals surface area contributed by atoms with Gasteiger partial charge in [-0.2, -0.15) is 0 Å². The van der Waals surface area contributed by atoms with Crippen LogP contribution in [0.1, 0.15) is 46.8 Å². The summed E-state index contributed by atoms with van der Waals surface area (Å²) in [6, 6.07) is 14.9. The highest BCUT2D eigenvalue weighted by atomic mass is 19.1. The summed E-state index contributed by atoms with van der Waals surface area (Å²) in [5, 5.41) is 0. The summed E-state index contributed by atoms with van der Waals surface area (Å²) >= 11 is 0. The van der Waals surface area contributed by atoms with E-state index in [1.54, 1.807) is 17.0 Å². The van der Waals surface area contributed by atoms with Crippen LogP contribution in [0.15, 0.2) is 48.5 Å². The zero-order chi connectivity index (χ0) is 18.5. The Morgan fingerprint density at radius 3 is 2.77 bits per heavy atom. The van der Waals surface area contributed by atoms with Crippen molar-refractivity contribution >= 4 is 5.91 Å². The highest BCUT2D eigenvalue weighted by Gasteiger charge is 2.25. The zero-order valence-electron chi connectivity index (χ0n) is 15.3. The van der Waals surface area contributed by atoms with Crippen molar-refractivity contribution in [2.24, 2.45) is 0 Å². The summed E-state index contributed by atoms with van der Waals surface area (Å²) in [5.41, 5.74) is 9.33. The fraction of sp³-hybridized carbons (Fsp3) is 0.381. The van der Waals surface area contributed by atoms with Gasteiger partial charge >= 0.3 is 0 Å². The van der Waals surface area contributed by atoms with Crippen LogP contribution < -0.4 is 10.9 Å². The molecule has 2 aromatic carbocycles. The fourth-order valence-corrected chi connectivity index (χ4v) is 3.43. The SMILES string of the molecule is Cc1cccc(C(=O)N(C)CCCC2CC(c3cccc(F)c3)NN2)c1. The summed E-state index contributed by atoms with van der Waals surface area (Å²) in [4.78, 5) is 14.2. The topological polar surface area (TPSA) is 44.4 Å². The van der Waals surface area contributed by atoms with Gasteiger partial charge in [-0.05, 0) is 56.0 Å². The van der Waals surface area contributed by atoms with E-state index in [1.807, 2.05) is 44.3 Å². The van der Waals surface area contributed by atoms with Crippen LogP contribution >= 0.6 is 0 Å². The number of aryl methyl sites for hydroxylation is 1. The Balaban J connectivity index is 1.44. The molecule has 2 atom stereocenters. The number of hydrogen-bond acceptors (Lipinski definition) is 3. The number of benzene rings is 2. The molecule has 0 saturated carbocycles. The van der Waals surface area contributed by atoms with Gasteiger partial charge in [0, 0.05) is 31.2 Å². The number of nitrogens with zero attached hydrogens (tertiary/aromatic N) is 1. The van der Waals surface area contributed by atoms with Crippen molar-refractivity contribution < 1.29 is 9.18 Å². The van der Waals surface area contributed by atoms with Gasteiger partial charge in [-0.3, -0.25) is 15.6 Å². The van der Waals surface area contributed by atoms with E-state index in [1.165, 1.54) is 6.07 Å². The normalized spacial score (nSPS) is 19.5. The van der Waals surface area contributed by atoms with Gasteiger partial charge in [0.15, 0.2) is 0 Å². The predicted molar refractivity (Wildman–Crippen MR) is 101 cm³/mol. The summed E-state index contributed by atoms with van der Waals surface area (Å²) in [5.74, 6) is -0.145. The van der Waals surface area contributed by atoms with E-state index in [0.29, 0.717) is 6.04 Å². The van der Waals surface area contributed by atoms with Crippen molar-refractivity contribution in [1.29, 1.82) is 0 Å². The second-order valence-electron chi connectivity index (χ2n) is 7.07. The summed E-state index contributed by atoms with van der Waals surface area (Å²) in [7, 11) is 1.85. The van der Waals surface area contributed by atoms with Crippen LogP contribution in [0.25, 0.3) is 0 Å². The lowest BCUT2D eigenvalue weighted by Crippen LogP contribution is -2.32. The van der Waals surface area contributed by atoms with Crippen molar-refractivity contribution in [1.82, 2.24) is 15.8 Å². The number of hydrazine groups is 1. The highest BCUT2D eigenvalue weighted by molar-refractivity contribution is 5.94. The lowest BCUT2D eigenvalue weighted by Gasteiger charge is -2.18. The van der Waals surface area contributed by atoms with Crippen LogP contribution in [-0.4, -0.2) is 30.4 Å². The molecule has 1 saturated heterocycles. The molecule has 3 rings (SSSR count). The van der Waals surface area contributed by atoms with Gasteiger partial charge in [0.1, 0.15) is 5.82 Å². The first kappa shape index (κ1) is 18.5. The van der Waals surface area contributed by atoms with E-state index in [9.17, 15) is 9.18 Å². The quantitative estimate of drug-likeness (QED) is 0.832. The van der Waals surface area contributed by atoms with Gasteiger partial charge in [0.2, 0.25) is 0 Å². The molecular weight excluding hydrogens is 329 g/mol. The van der Waals surface area contributed by atoms with Gasteiger partial charge in [-0.1, -0.05) is 29.8 Å². The van der Waals surface area contributed by atoms with Crippen molar-refractivity contribution in [2.75, 3.05) is 13.6 Å². The second kappa shape index (κ2) is 8.43. The molecule has 5 heteroatoms. The molecule has 0 radical (unpaired) electrons. The number of carbonyl (C=O) groups is 1. The highest BCUT2D eigenvalue weighted by Crippen LogP contribution is 2.24. The monoisotopic (exact) mass is 355 g/mol. The third kappa shape index (κ3) is 4.68. The number of halogens is 1. The van der Waals surface area contributed by atoms with Gasteiger partial charge < -0.3 is 4.90 Å². The van der Waals surface area contributed by atoms with Crippen LogP contribution in [0.2, 0.25) is 0 Å². The molecule has 1 amide bonds. The Morgan fingerprint density at radius 2 is 2.00 bits per heavy atom. The Hall–Kier alpha value is -2.24. The van der Waals surface area contributed by atoms with Crippen molar-refractivity contribution in [3.63, 3.8) is 0 Å². The van der Waals surface area contributed by atoms with Crippen molar-refractivity contribution in [3.05, 3.63) is 71.0 Å². The average molecular weight is 355 g/mol. The number of hydrogen-bond donors (Lipinski definition) is 2. The average Bonchev–Trinajstić information content (AvgIpc) is 3.10. The minimum atomic E-state index is -0.205. The third-order valence-corrected chi connectivity index (χ3v) is 4.89. The van der Waals surface area contributed by atoms with Crippen LogP contribution in [0.4, 0.5) is 4.39 Å². The Kier molecular flexibility index (Phi) is 6.01. The summed E-state index contributed by atoms with van der Waals surface area (Å²) in [6.45, 7) is 2.71. The number of nitrogens with one attached hydrogen (secondary N) is 2. The summed E-state index contributed by atoms with van der Waals surface area (Å²) in [6.07, 6.45) is 2.80. The molecule has 4 nitrogen and oxygen atoms in total. The van der Waals surface area contributed by atoms with E-state index in [0.717, 1.165) is 42.5 Å². The number of carbonyl (C=O) groups excluding carboxylic acids is 1. The molecule has 0 spiro atoms. The molecule has 2 N–H and O–H groups in total. The smallest absolute Gasteiger partial charge is 0.253 e. The molecule has 1 aliphatic rings. The molecule has 2 unspecified atom stereocenters. The molecule has 1 aliphatic heterocycles. The third-order valence-electron chi connectivity index (χ3n) is 4.89. The number of amides is 1. The van der Waals surface area contributed by atoms with Crippen LogP contribution in [0.5, 0.6) is 0 Å². The van der Waals surface area contributed by atoms with Gasteiger partial charge in [-0.15, -0.1) is 0 Å². The van der Waals surface area contributed by atoms with Gasteiger partial charge in [0.05, 0.1) is 0 Å². The minimum Gasteiger partial charge on any atom is -0.342 e. The Bertz CT molecular complexity index is 764. The minimum absolute atomic E-state index is 0.0591. The lowest BCUT2D eigenvalue weighted by atomic mass is 9.99. The molecule has 26 heavy (non-hydrogen) atoms. The molecule has 0 bridgehead atoms. The van der Waals surface area contributed by atoms with Crippen LogP contribution in [-0.2, 0) is 0 Å². The van der Waals surface area contributed by atoms with Crippen molar-refractivity contribution in [3.8, 4) is 0 Å². The van der Waals surface area contributed by atoms with E-state index in [4.69, 9.17) is 0 Å². The molecule has 138 valence electrons. The number of rotatable bonds is 6. The first-order valence-corrected chi connectivity index (χ1v) is 9.11. The van der Waals surface area contributed by atoms with Crippen LogP contribution in [0, 0.1) is 12.7 Å². The second-order valence-corrected chi connectivity index (χ2v) is 7.07. The van der Waals surface area contributed by atoms with E-state index >= 15 is 0 Å². The summed E-state index contributed by atoms with van der Waals surface area (Å²) < 4.78 is 13.4. The van der Waals surface area contributed by atoms with Crippen LogP contribution in [0.3, 0.4) is 0 Å². The van der Waals surface area contributed by atoms with E-state index in [-0.39, 0.29) is 17.8 Å². The molecular formula is C21H26FN3O. The largest absolute Gasteiger partial charge is 0.342 e. The van der Waals surface area contributed by atoms with E-state index in [2.05, 4.69) is 10.9 Å². The van der Waals surface area contributed by atoms with Gasteiger partial charge in [-0.25, -0.2) is 4.39 Å². The maximum Gasteiger partial charge on any atom is 0.253 e. The first-order valence-electron chi connectivity index (χ1n) is 9.11. The van der Waals surface area contributed by atoms with E-state index < -0.39 is 0 Å². The maximum atomic E-state index is 13.4. The maximum absolute atomic E-state index is 13.4. The van der Waals surface area contributed by atoms with Crippen molar-refractivity contribution in [2.45, 2.75) is 38.3 Å². The molecule has 0 aromatic heterocycles. The Morgan fingerprint density at radius 1 is 1.19 bits per heavy atom. The molecule has 0 aliphatic carbocycles.